The van der Waals surface area contributed by atoms with Gasteiger partial charge in [0, 0.05) is 5.41 Å². The van der Waals surface area contributed by atoms with Crippen LogP contribution in [0.3, 0.4) is 0 Å². The molecular formula is C14H27ClO. The van der Waals surface area contributed by atoms with Crippen LogP contribution in [0.15, 0.2) is 0 Å². The zero-order chi connectivity index (χ0) is 12.6. The van der Waals surface area contributed by atoms with E-state index < -0.39 is 0 Å². The van der Waals surface area contributed by atoms with Crippen LogP contribution >= 0.6 is 11.6 Å². The summed E-state index contributed by atoms with van der Waals surface area (Å²) < 4.78 is 0. The van der Waals surface area contributed by atoms with E-state index in [0.29, 0.717) is 5.92 Å². The van der Waals surface area contributed by atoms with Gasteiger partial charge in [0.1, 0.15) is 0 Å². The topological polar surface area (TPSA) is 17.1 Å². The molecule has 0 bridgehead atoms. The second kappa shape index (κ2) is 8.11. The first-order chi connectivity index (χ1) is 7.56. The summed E-state index contributed by atoms with van der Waals surface area (Å²) >= 11 is 5.80. The molecule has 16 heavy (non-hydrogen) atoms. The minimum absolute atomic E-state index is 0.132. The van der Waals surface area contributed by atoms with Crippen molar-refractivity contribution in [1.82, 2.24) is 0 Å². The van der Waals surface area contributed by atoms with Crippen molar-refractivity contribution >= 4 is 16.8 Å². The molecule has 0 aromatic heterocycles. The second-order valence-corrected chi connectivity index (χ2v) is 5.23. The van der Waals surface area contributed by atoms with E-state index in [1.807, 2.05) is 0 Å². The van der Waals surface area contributed by atoms with Crippen molar-refractivity contribution < 1.29 is 4.79 Å². The van der Waals surface area contributed by atoms with Crippen LogP contribution in [0, 0.1) is 11.3 Å². The molecular weight excluding hydrogens is 220 g/mol. The van der Waals surface area contributed by atoms with Gasteiger partial charge >= 0.3 is 0 Å². The molecule has 0 aliphatic carbocycles. The van der Waals surface area contributed by atoms with Crippen molar-refractivity contribution in [2.24, 2.45) is 11.3 Å². The Hall–Kier alpha value is -0.0400. The Morgan fingerprint density at radius 1 is 1.19 bits per heavy atom. The molecule has 0 spiro atoms. The molecule has 0 aliphatic heterocycles. The van der Waals surface area contributed by atoms with Crippen molar-refractivity contribution in [3.63, 3.8) is 0 Å². The van der Waals surface area contributed by atoms with Crippen LogP contribution in [0.5, 0.6) is 0 Å². The fourth-order valence-electron chi connectivity index (χ4n) is 2.39. The minimum atomic E-state index is -0.268. The van der Waals surface area contributed by atoms with E-state index in [9.17, 15) is 4.79 Å². The van der Waals surface area contributed by atoms with Crippen LogP contribution < -0.4 is 0 Å². The van der Waals surface area contributed by atoms with E-state index in [4.69, 9.17) is 11.6 Å². The number of rotatable bonds is 9. The van der Waals surface area contributed by atoms with E-state index in [1.165, 1.54) is 19.3 Å². The fourth-order valence-corrected chi connectivity index (χ4v) is 2.74. The average Bonchev–Trinajstić information content (AvgIpc) is 2.30. The number of halogens is 1. The molecule has 0 aromatic rings. The highest BCUT2D eigenvalue weighted by molar-refractivity contribution is 6.64. The second-order valence-electron chi connectivity index (χ2n) is 4.88. The highest BCUT2D eigenvalue weighted by atomic mass is 35.5. The highest BCUT2D eigenvalue weighted by Gasteiger charge is 2.35. The SMILES string of the molecule is CCCCC(CC)CC(CC)(CC)C(=O)Cl. The Morgan fingerprint density at radius 3 is 2.06 bits per heavy atom. The van der Waals surface area contributed by atoms with Crippen LogP contribution in [-0.2, 0) is 4.79 Å². The summed E-state index contributed by atoms with van der Waals surface area (Å²) in [5.74, 6) is 0.655. The first kappa shape index (κ1) is 16.0. The molecule has 96 valence electrons. The summed E-state index contributed by atoms with van der Waals surface area (Å²) in [7, 11) is 0. The van der Waals surface area contributed by atoms with Crippen molar-refractivity contribution in [2.75, 3.05) is 0 Å². The summed E-state index contributed by atoms with van der Waals surface area (Å²) in [6.45, 7) is 8.59. The zero-order valence-corrected chi connectivity index (χ0v) is 12.1. The van der Waals surface area contributed by atoms with Gasteiger partial charge in [-0.25, -0.2) is 0 Å². The predicted molar refractivity (Wildman–Crippen MR) is 71.8 cm³/mol. The monoisotopic (exact) mass is 246 g/mol. The van der Waals surface area contributed by atoms with Gasteiger partial charge in [0.05, 0.1) is 0 Å². The Morgan fingerprint density at radius 2 is 1.75 bits per heavy atom. The molecule has 1 atom stereocenters. The molecule has 0 N–H and O–H groups in total. The summed E-state index contributed by atoms with van der Waals surface area (Å²) in [6.07, 6.45) is 7.60. The molecule has 0 amide bonds. The third-order valence-electron chi connectivity index (χ3n) is 3.99. The lowest BCUT2D eigenvalue weighted by atomic mass is 9.74. The molecule has 0 saturated carbocycles. The quantitative estimate of drug-likeness (QED) is 0.514. The van der Waals surface area contributed by atoms with Gasteiger partial charge in [0.25, 0.3) is 0 Å². The minimum Gasteiger partial charge on any atom is -0.281 e. The molecule has 0 saturated heterocycles. The van der Waals surface area contributed by atoms with Crippen LogP contribution in [0.1, 0.15) is 72.6 Å². The number of hydrogen-bond donors (Lipinski definition) is 0. The van der Waals surface area contributed by atoms with E-state index in [0.717, 1.165) is 25.7 Å². The molecule has 2 heteroatoms. The van der Waals surface area contributed by atoms with Crippen molar-refractivity contribution in [2.45, 2.75) is 72.6 Å². The molecule has 1 unspecified atom stereocenters. The molecule has 0 fully saturated rings. The van der Waals surface area contributed by atoms with E-state index >= 15 is 0 Å². The van der Waals surface area contributed by atoms with Crippen molar-refractivity contribution in [1.29, 1.82) is 0 Å². The van der Waals surface area contributed by atoms with Gasteiger partial charge in [-0.3, -0.25) is 4.79 Å². The lowest BCUT2D eigenvalue weighted by Crippen LogP contribution is -2.29. The van der Waals surface area contributed by atoms with Crippen LogP contribution in [0.4, 0.5) is 0 Å². The Labute approximate surface area is 106 Å². The largest absolute Gasteiger partial charge is 0.281 e. The lowest BCUT2D eigenvalue weighted by molar-refractivity contribution is -0.122. The first-order valence-electron chi connectivity index (χ1n) is 6.76. The Kier molecular flexibility index (Phi) is 8.09. The number of unbranched alkanes of at least 4 members (excludes halogenated alkanes) is 1. The normalized spacial score (nSPS) is 13.8. The first-order valence-corrected chi connectivity index (χ1v) is 7.13. The Bertz CT molecular complexity index is 197. The summed E-state index contributed by atoms with van der Waals surface area (Å²) in [5.41, 5.74) is -0.268. The number of hydrogen-bond acceptors (Lipinski definition) is 1. The maximum absolute atomic E-state index is 11.6. The smallest absolute Gasteiger partial charge is 0.227 e. The van der Waals surface area contributed by atoms with E-state index in [2.05, 4.69) is 27.7 Å². The average molecular weight is 247 g/mol. The van der Waals surface area contributed by atoms with Gasteiger partial charge in [0.15, 0.2) is 0 Å². The standard InChI is InChI=1S/C14H27ClO/c1-5-9-10-12(6-2)11-14(7-3,8-4)13(15)16/h12H,5-11H2,1-4H3. The third-order valence-corrected chi connectivity index (χ3v) is 4.39. The van der Waals surface area contributed by atoms with Gasteiger partial charge in [-0.1, -0.05) is 53.4 Å². The summed E-state index contributed by atoms with van der Waals surface area (Å²) in [5, 5.41) is -0.132. The summed E-state index contributed by atoms with van der Waals surface area (Å²) in [4.78, 5) is 11.6. The molecule has 1 nitrogen and oxygen atoms in total. The molecule has 0 aromatic carbocycles. The highest BCUT2D eigenvalue weighted by Crippen LogP contribution is 2.38. The third kappa shape index (κ3) is 4.45. The van der Waals surface area contributed by atoms with Gasteiger partial charge in [-0.05, 0) is 36.8 Å². The Balaban J connectivity index is 4.51. The maximum Gasteiger partial charge on any atom is 0.227 e. The van der Waals surface area contributed by atoms with Crippen LogP contribution in [0.25, 0.3) is 0 Å². The summed E-state index contributed by atoms with van der Waals surface area (Å²) in [6, 6.07) is 0. The molecule has 0 aliphatic rings. The van der Waals surface area contributed by atoms with Crippen molar-refractivity contribution in [3.05, 3.63) is 0 Å². The predicted octanol–water partition coefficient (Wildman–Crippen LogP) is 5.16. The van der Waals surface area contributed by atoms with Crippen LogP contribution in [0.2, 0.25) is 0 Å². The molecule has 0 radical (unpaired) electrons. The molecule has 0 rings (SSSR count). The molecule has 0 heterocycles. The number of carbonyl (C=O) groups excluding carboxylic acids is 1. The van der Waals surface area contributed by atoms with Gasteiger partial charge in [0.2, 0.25) is 5.24 Å². The van der Waals surface area contributed by atoms with Gasteiger partial charge in [-0.2, -0.15) is 0 Å². The van der Waals surface area contributed by atoms with Crippen LogP contribution in [-0.4, -0.2) is 5.24 Å². The lowest BCUT2D eigenvalue weighted by Gasteiger charge is -2.31. The van der Waals surface area contributed by atoms with Gasteiger partial charge < -0.3 is 0 Å². The van der Waals surface area contributed by atoms with E-state index in [1.54, 1.807) is 0 Å². The fraction of sp³-hybridized carbons (Fsp3) is 0.929. The van der Waals surface area contributed by atoms with Gasteiger partial charge in [-0.15, -0.1) is 0 Å². The maximum atomic E-state index is 11.6. The van der Waals surface area contributed by atoms with Crippen molar-refractivity contribution in [3.8, 4) is 0 Å². The zero-order valence-electron chi connectivity index (χ0n) is 11.3. The number of carbonyl (C=O) groups is 1. The van der Waals surface area contributed by atoms with E-state index in [-0.39, 0.29) is 10.7 Å².